The maximum Gasteiger partial charge on any atom is 0.243 e. The molecule has 1 unspecified atom stereocenters. The monoisotopic (exact) mass is 364 g/mol. The van der Waals surface area contributed by atoms with Gasteiger partial charge in [-0.2, -0.15) is 4.31 Å². The Balaban J connectivity index is 1.63. The van der Waals surface area contributed by atoms with Crippen molar-refractivity contribution in [3.63, 3.8) is 0 Å². The first kappa shape index (κ1) is 17.0. The quantitative estimate of drug-likeness (QED) is 0.820. The van der Waals surface area contributed by atoms with Crippen molar-refractivity contribution in [3.05, 3.63) is 23.8 Å². The zero-order chi connectivity index (χ0) is 17.4. The van der Waals surface area contributed by atoms with E-state index >= 15 is 0 Å². The fourth-order valence-electron chi connectivity index (χ4n) is 3.99. The Morgan fingerprint density at radius 1 is 1.12 bits per heavy atom. The Bertz CT molecular complexity index is 765. The lowest BCUT2D eigenvalue weighted by atomic mass is 9.99. The molecule has 0 bridgehead atoms. The van der Waals surface area contributed by atoms with Gasteiger partial charge in [0.1, 0.15) is 0 Å². The Hall–Kier alpha value is -1.44. The van der Waals surface area contributed by atoms with Gasteiger partial charge in [0.2, 0.25) is 15.9 Å². The number of rotatable bonds is 3. The van der Waals surface area contributed by atoms with E-state index in [1.807, 2.05) is 11.0 Å². The Labute approximate surface area is 148 Å². The van der Waals surface area contributed by atoms with Gasteiger partial charge in [-0.15, -0.1) is 0 Å². The molecule has 2 saturated heterocycles. The van der Waals surface area contributed by atoms with E-state index < -0.39 is 10.0 Å². The van der Waals surface area contributed by atoms with E-state index in [0.717, 1.165) is 43.4 Å². The van der Waals surface area contributed by atoms with Crippen molar-refractivity contribution in [2.45, 2.75) is 37.0 Å². The van der Waals surface area contributed by atoms with Crippen LogP contribution in [0.1, 0.15) is 31.2 Å². The molecule has 1 amide bonds. The summed E-state index contributed by atoms with van der Waals surface area (Å²) < 4.78 is 32.5. The highest BCUT2D eigenvalue weighted by atomic mass is 32.2. The number of carbonyl (C=O) groups excluding carboxylic acids is 1. The summed E-state index contributed by atoms with van der Waals surface area (Å²) in [5.41, 5.74) is 1.82. The van der Waals surface area contributed by atoms with Gasteiger partial charge < -0.3 is 9.64 Å². The predicted octanol–water partition coefficient (Wildman–Crippen LogP) is 1.79. The molecule has 0 aliphatic carbocycles. The lowest BCUT2D eigenvalue weighted by Gasteiger charge is -2.31. The van der Waals surface area contributed by atoms with Gasteiger partial charge in [-0.1, -0.05) is 0 Å². The zero-order valence-corrected chi connectivity index (χ0v) is 15.1. The molecule has 7 heteroatoms. The molecule has 1 aromatic rings. The number of sulfonamides is 1. The second-order valence-electron chi connectivity index (χ2n) is 7.06. The summed E-state index contributed by atoms with van der Waals surface area (Å²) in [6.45, 7) is 3.04. The van der Waals surface area contributed by atoms with Crippen LogP contribution in [0.15, 0.2) is 23.1 Å². The lowest BCUT2D eigenvalue weighted by Crippen LogP contribution is -2.40. The zero-order valence-electron chi connectivity index (χ0n) is 14.3. The van der Waals surface area contributed by atoms with Gasteiger partial charge in [0.15, 0.2) is 0 Å². The summed E-state index contributed by atoms with van der Waals surface area (Å²) in [5.74, 6) is 0.0348. The molecular weight excluding hydrogens is 340 g/mol. The van der Waals surface area contributed by atoms with Crippen LogP contribution in [0.2, 0.25) is 0 Å². The molecule has 2 fully saturated rings. The summed E-state index contributed by atoms with van der Waals surface area (Å²) >= 11 is 0. The summed E-state index contributed by atoms with van der Waals surface area (Å²) in [4.78, 5) is 15.0. The number of benzene rings is 1. The van der Waals surface area contributed by atoms with E-state index in [9.17, 15) is 13.2 Å². The normalized spacial score (nSPS) is 24.5. The molecule has 0 saturated carbocycles. The lowest BCUT2D eigenvalue weighted by molar-refractivity contribution is -0.122. The minimum atomic E-state index is -3.42. The molecule has 3 aliphatic rings. The highest BCUT2D eigenvalue weighted by Crippen LogP contribution is 2.33. The van der Waals surface area contributed by atoms with Crippen molar-refractivity contribution in [2.24, 2.45) is 5.92 Å². The van der Waals surface area contributed by atoms with Gasteiger partial charge in [-0.05, 0) is 55.9 Å². The number of aryl methyl sites for hydroxylation is 1. The van der Waals surface area contributed by atoms with Crippen LogP contribution in [0.3, 0.4) is 0 Å². The minimum Gasteiger partial charge on any atom is -0.381 e. The molecule has 3 heterocycles. The molecule has 136 valence electrons. The molecule has 25 heavy (non-hydrogen) atoms. The van der Waals surface area contributed by atoms with Crippen molar-refractivity contribution >= 4 is 21.6 Å². The van der Waals surface area contributed by atoms with E-state index in [2.05, 4.69) is 0 Å². The number of anilines is 1. The summed E-state index contributed by atoms with van der Waals surface area (Å²) in [6.07, 6.45) is 4.29. The van der Waals surface area contributed by atoms with Crippen LogP contribution in [0.5, 0.6) is 0 Å². The topological polar surface area (TPSA) is 66.9 Å². The van der Waals surface area contributed by atoms with E-state index in [0.29, 0.717) is 37.7 Å². The van der Waals surface area contributed by atoms with Gasteiger partial charge in [-0.25, -0.2) is 8.42 Å². The molecule has 0 N–H and O–H groups in total. The number of nitrogens with zero attached hydrogens (tertiary/aromatic N) is 2. The highest BCUT2D eigenvalue weighted by Gasteiger charge is 2.33. The molecule has 1 atom stereocenters. The number of ether oxygens (including phenoxy) is 1. The van der Waals surface area contributed by atoms with Gasteiger partial charge in [-0.3, -0.25) is 4.79 Å². The first-order valence-electron chi connectivity index (χ1n) is 9.09. The van der Waals surface area contributed by atoms with Gasteiger partial charge in [0.25, 0.3) is 0 Å². The second kappa shape index (κ2) is 6.70. The number of hydrogen-bond donors (Lipinski definition) is 0. The molecule has 3 aliphatic heterocycles. The van der Waals surface area contributed by atoms with Crippen LogP contribution < -0.4 is 4.90 Å². The molecule has 0 spiro atoms. The summed E-state index contributed by atoms with van der Waals surface area (Å²) in [7, 11) is -3.42. The van der Waals surface area contributed by atoms with Crippen LogP contribution in [0.4, 0.5) is 5.69 Å². The number of hydrogen-bond acceptors (Lipinski definition) is 4. The molecule has 0 aromatic heterocycles. The van der Waals surface area contributed by atoms with Crippen LogP contribution in [0.25, 0.3) is 0 Å². The maximum atomic E-state index is 12.8. The summed E-state index contributed by atoms with van der Waals surface area (Å²) in [5, 5.41) is 0. The van der Waals surface area contributed by atoms with Crippen LogP contribution in [-0.4, -0.2) is 51.5 Å². The standard InChI is InChI=1S/C18H24N2O4S/c21-18(15-7-11-24-13-15)20-10-3-4-14-12-16(5-6-17(14)20)25(22,23)19-8-1-2-9-19/h5-6,12,15H,1-4,7-11,13H2. The van der Waals surface area contributed by atoms with E-state index in [4.69, 9.17) is 4.74 Å². The minimum absolute atomic E-state index is 0.0704. The fraction of sp³-hybridized carbons (Fsp3) is 0.611. The maximum absolute atomic E-state index is 12.8. The van der Waals surface area contributed by atoms with Crippen molar-refractivity contribution < 1.29 is 17.9 Å². The van der Waals surface area contributed by atoms with Gasteiger partial charge >= 0.3 is 0 Å². The fourth-order valence-corrected chi connectivity index (χ4v) is 5.56. The number of fused-ring (bicyclic) bond motifs is 1. The smallest absolute Gasteiger partial charge is 0.243 e. The average molecular weight is 364 g/mol. The van der Waals surface area contributed by atoms with Crippen molar-refractivity contribution in [2.75, 3.05) is 37.7 Å². The molecule has 1 aromatic carbocycles. The van der Waals surface area contributed by atoms with E-state index in [1.54, 1.807) is 16.4 Å². The van der Waals surface area contributed by atoms with Crippen molar-refractivity contribution in [1.29, 1.82) is 0 Å². The van der Waals surface area contributed by atoms with Crippen LogP contribution >= 0.6 is 0 Å². The van der Waals surface area contributed by atoms with Crippen LogP contribution in [0, 0.1) is 5.92 Å². The van der Waals surface area contributed by atoms with Crippen molar-refractivity contribution in [1.82, 2.24) is 4.31 Å². The van der Waals surface area contributed by atoms with E-state index in [1.165, 1.54) is 0 Å². The molecule has 4 rings (SSSR count). The first-order valence-corrected chi connectivity index (χ1v) is 10.5. The molecule has 6 nitrogen and oxygen atoms in total. The largest absolute Gasteiger partial charge is 0.381 e. The molecule has 0 radical (unpaired) electrons. The highest BCUT2D eigenvalue weighted by molar-refractivity contribution is 7.89. The third kappa shape index (κ3) is 3.09. The Morgan fingerprint density at radius 2 is 1.92 bits per heavy atom. The third-order valence-corrected chi connectivity index (χ3v) is 7.31. The molecular formula is C18H24N2O4S. The number of carbonyl (C=O) groups is 1. The Morgan fingerprint density at radius 3 is 2.64 bits per heavy atom. The van der Waals surface area contributed by atoms with Crippen molar-refractivity contribution in [3.8, 4) is 0 Å². The SMILES string of the molecule is O=C(C1CCOC1)N1CCCc2cc(S(=O)(=O)N3CCCC3)ccc21. The second-order valence-corrected chi connectivity index (χ2v) is 8.99. The third-order valence-electron chi connectivity index (χ3n) is 5.42. The van der Waals surface area contributed by atoms with Crippen LogP contribution in [-0.2, 0) is 26.0 Å². The van der Waals surface area contributed by atoms with E-state index in [-0.39, 0.29) is 11.8 Å². The first-order chi connectivity index (χ1) is 12.1. The van der Waals surface area contributed by atoms with Gasteiger partial charge in [0, 0.05) is 31.9 Å². The average Bonchev–Trinajstić information content (AvgIpc) is 3.33. The number of amides is 1. The Kier molecular flexibility index (Phi) is 4.56. The van der Waals surface area contributed by atoms with Gasteiger partial charge in [0.05, 0.1) is 17.4 Å². The summed E-state index contributed by atoms with van der Waals surface area (Å²) in [6, 6.07) is 5.24. The predicted molar refractivity (Wildman–Crippen MR) is 94.0 cm³/mol.